The van der Waals surface area contributed by atoms with Crippen LogP contribution in [0.2, 0.25) is 0 Å². The van der Waals surface area contributed by atoms with E-state index in [0.29, 0.717) is 5.92 Å². The lowest BCUT2D eigenvalue weighted by Gasteiger charge is -2.21. The summed E-state index contributed by atoms with van der Waals surface area (Å²) in [4.78, 5) is 0. The van der Waals surface area contributed by atoms with Gasteiger partial charge in [0.15, 0.2) is 5.82 Å². The highest BCUT2D eigenvalue weighted by atomic mass is 15.5. The molecule has 1 aromatic heterocycles. The average Bonchev–Trinajstić information content (AvgIpc) is 2.89. The highest BCUT2D eigenvalue weighted by molar-refractivity contribution is 5.58. The normalized spacial score (nSPS) is 16.6. The summed E-state index contributed by atoms with van der Waals surface area (Å²) in [5.41, 5.74) is 7.49. The molecule has 3 rings (SSSR count). The Morgan fingerprint density at radius 2 is 1.84 bits per heavy atom. The van der Waals surface area contributed by atoms with E-state index in [-0.39, 0.29) is 0 Å². The summed E-state index contributed by atoms with van der Waals surface area (Å²) < 4.78 is 1.93. The van der Waals surface area contributed by atoms with E-state index in [2.05, 4.69) is 15.5 Å². The zero-order valence-corrected chi connectivity index (χ0v) is 11.0. The Morgan fingerprint density at radius 3 is 2.58 bits per heavy atom. The fraction of sp³-hybridized carbons (Fsp3) is 0.500. The molecular weight excluding hydrogens is 238 g/mol. The number of hydrogen-bond acceptors (Lipinski definition) is 4. The Hall–Kier alpha value is -1.91. The van der Waals surface area contributed by atoms with Gasteiger partial charge in [-0.1, -0.05) is 19.3 Å². The van der Waals surface area contributed by atoms with E-state index in [0.717, 1.165) is 23.6 Å². The molecule has 0 radical (unpaired) electrons. The topological polar surface area (TPSA) is 69.6 Å². The molecule has 1 fully saturated rings. The smallest absolute Gasteiger partial charge is 0.182 e. The molecule has 100 valence electrons. The van der Waals surface area contributed by atoms with E-state index in [9.17, 15) is 0 Å². The molecular formula is C14H19N5. The number of aromatic nitrogens is 4. The largest absolute Gasteiger partial charge is 0.399 e. The minimum Gasteiger partial charge on any atom is -0.399 e. The van der Waals surface area contributed by atoms with Crippen LogP contribution in [0.5, 0.6) is 0 Å². The summed E-state index contributed by atoms with van der Waals surface area (Å²) >= 11 is 0. The third-order valence-electron chi connectivity index (χ3n) is 3.86. The molecule has 2 aromatic rings. The minimum atomic E-state index is 0.713. The standard InChI is InChI=1S/C14H19N5/c15-13-8-6-12(7-9-13)14-16-17-18-19(14)10-11-4-2-1-3-5-11/h6-9,11H,1-5,10,15H2. The predicted octanol–water partition coefficient (Wildman–Crippen LogP) is 2.50. The summed E-state index contributed by atoms with van der Waals surface area (Å²) in [6, 6.07) is 7.71. The first kappa shape index (κ1) is 12.1. The molecule has 1 heterocycles. The molecule has 0 saturated heterocycles. The summed E-state index contributed by atoms with van der Waals surface area (Å²) in [6.07, 6.45) is 6.63. The van der Waals surface area contributed by atoms with Crippen molar-refractivity contribution in [1.29, 1.82) is 0 Å². The van der Waals surface area contributed by atoms with Crippen molar-refractivity contribution in [3.63, 3.8) is 0 Å². The molecule has 1 aliphatic rings. The second-order valence-electron chi connectivity index (χ2n) is 5.31. The van der Waals surface area contributed by atoms with Crippen LogP contribution >= 0.6 is 0 Å². The van der Waals surface area contributed by atoms with Gasteiger partial charge in [-0.15, -0.1) is 5.10 Å². The van der Waals surface area contributed by atoms with Crippen LogP contribution < -0.4 is 5.73 Å². The van der Waals surface area contributed by atoms with Gasteiger partial charge in [0.25, 0.3) is 0 Å². The van der Waals surface area contributed by atoms with Crippen molar-refractivity contribution in [2.24, 2.45) is 5.92 Å². The molecule has 0 spiro atoms. The zero-order valence-electron chi connectivity index (χ0n) is 11.0. The van der Waals surface area contributed by atoms with Crippen LogP contribution in [0.1, 0.15) is 32.1 Å². The Kier molecular flexibility index (Phi) is 3.44. The second kappa shape index (κ2) is 5.38. The monoisotopic (exact) mass is 257 g/mol. The number of hydrogen-bond donors (Lipinski definition) is 1. The van der Waals surface area contributed by atoms with Gasteiger partial charge in [-0.25, -0.2) is 4.68 Å². The van der Waals surface area contributed by atoms with E-state index >= 15 is 0 Å². The number of tetrazole rings is 1. The molecule has 5 nitrogen and oxygen atoms in total. The van der Waals surface area contributed by atoms with Crippen molar-refractivity contribution in [1.82, 2.24) is 20.2 Å². The van der Waals surface area contributed by atoms with Gasteiger partial charge < -0.3 is 5.73 Å². The number of benzene rings is 1. The number of nitrogens with zero attached hydrogens (tertiary/aromatic N) is 4. The van der Waals surface area contributed by atoms with E-state index in [4.69, 9.17) is 5.73 Å². The molecule has 1 aromatic carbocycles. The maximum absolute atomic E-state index is 5.71. The Morgan fingerprint density at radius 1 is 1.11 bits per heavy atom. The lowest BCUT2D eigenvalue weighted by atomic mass is 9.89. The van der Waals surface area contributed by atoms with Crippen molar-refractivity contribution in [2.75, 3.05) is 5.73 Å². The lowest BCUT2D eigenvalue weighted by Crippen LogP contribution is -2.16. The first-order valence-electron chi connectivity index (χ1n) is 6.95. The summed E-state index contributed by atoms with van der Waals surface area (Å²) in [5, 5.41) is 12.1. The van der Waals surface area contributed by atoms with Crippen molar-refractivity contribution in [3.8, 4) is 11.4 Å². The van der Waals surface area contributed by atoms with Gasteiger partial charge in [0.05, 0.1) is 0 Å². The third-order valence-corrected chi connectivity index (χ3v) is 3.86. The lowest BCUT2D eigenvalue weighted by molar-refractivity contribution is 0.307. The average molecular weight is 257 g/mol. The van der Waals surface area contributed by atoms with Crippen LogP contribution in [0.4, 0.5) is 5.69 Å². The Bertz CT molecular complexity index is 525. The predicted molar refractivity (Wildman–Crippen MR) is 74.2 cm³/mol. The highest BCUT2D eigenvalue weighted by Gasteiger charge is 2.17. The molecule has 0 atom stereocenters. The number of anilines is 1. The number of nitrogen functional groups attached to an aromatic ring is 1. The van der Waals surface area contributed by atoms with Crippen molar-refractivity contribution in [2.45, 2.75) is 38.6 Å². The second-order valence-corrected chi connectivity index (χ2v) is 5.31. The van der Waals surface area contributed by atoms with Crippen LogP contribution in [0.15, 0.2) is 24.3 Å². The van der Waals surface area contributed by atoms with Gasteiger partial charge in [0.2, 0.25) is 0 Å². The van der Waals surface area contributed by atoms with Crippen molar-refractivity contribution in [3.05, 3.63) is 24.3 Å². The maximum Gasteiger partial charge on any atom is 0.182 e. The fourth-order valence-corrected chi connectivity index (χ4v) is 2.78. The molecule has 5 heteroatoms. The quantitative estimate of drug-likeness (QED) is 0.858. The summed E-state index contributed by atoms with van der Waals surface area (Å²) in [6.45, 7) is 0.923. The van der Waals surface area contributed by atoms with Crippen molar-refractivity contribution >= 4 is 5.69 Å². The molecule has 0 amide bonds. The molecule has 0 bridgehead atoms. The van der Waals surface area contributed by atoms with Gasteiger partial charge >= 0.3 is 0 Å². The van der Waals surface area contributed by atoms with Gasteiger partial charge in [-0.3, -0.25) is 0 Å². The zero-order chi connectivity index (χ0) is 13.1. The Labute approximate surface area is 112 Å². The van der Waals surface area contributed by atoms with E-state index in [1.165, 1.54) is 32.1 Å². The summed E-state index contributed by atoms with van der Waals surface area (Å²) in [7, 11) is 0. The first-order valence-corrected chi connectivity index (χ1v) is 6.95. The molecule has 0 unspecified atom stereocenters. The first-order chi connectivity index (χ1) is 9.33. The number of nitrogens with two attached hydrogens (primary N) is 1. The van der Waals surface area contributed by atoms with Crippen LogP contribution in [0.3, 0.4) is 0 Å². The SMILES string of the molecule is Nc1ccc(-c2nnnn2CC2CCCCC2)cc1. The fourth-order valence-electron chi connectivity index (χ4n) is 2.78. The van der Waals surface area contributed by atoms with Crippen LogP contribution in [-0.2, 0) is 6.54 Å². The summed E-state index contributed by atoms with van der Waals surface area (Å²) in [5.74, 6) is 1.55. The third kappa shape index (κ3) is 2.75. The van der Waals surface area contributed by atoms with Crippen LogP contribution in [0, 0.1) is 5.92 Å². The van der Waals surface area contributed by atoms with E-state index in [1.807, 2.05) is 28.9 Å². The molecule has 2 N–H and O–H groups in total. The van der Waals surface area contributed by atoms with E-state index < -0.39 is 0 Å². The van der Waals surface area contributed by atoms with Crippen molar-refractivity contribution < 1.29 is 0 Å². The molecule has 1 saturated carbocycles. The van der Waals surface area contributed by atoms with E-state index in [1.54, 1.807) is 0 Å². The van der Waals surface area contributed by atoms with Gasteiger partial charge in [0, 0.05) is 17.8 Å². The molecule has 1 aliphatic carbocycles. The minimum absolute atomic E-state index is 0.713. The molecule has 19 heavy (non-hydrogen) atoms. The highest BCUT2D eigenvalue weighted by Crippen LogP contribution is 2.26. The Balaban J connectivity index is 1.79. The number of rotatable bonds is 3. The van der Waals surface area contributed by atoms with Crippen LogP contribution in [0.25, 0.3) is 11.4 Å². The maximum atomic E-state index is 5.71. The van der Waals surface area contributed by atoms with Gasteiger partial charge in [-0.2, -0.15) is 0 Å². The van der Waals surface area contributed by atoms with Gasteiger partial charge in [0.1, 0.15) is 0 Å². The van der Waals surface area contributed by atoms with Crippen LogP contribution in [-0.4, -0.2) is 20.2 Å². The molecule has 0 aliphatic heterocycles. The van der Waals surface area contributed by atoms with Gasteiger partial charge in [-0.05, 0) is 53.5 Å².